The van der Waals surface area contributed by atoms with Crippen LogP contribution in [0.15, 0.2) is 47.5 Å². The van der Waals surface area contributed by atoms with Gasteiger partial charge in [0.25, 0.3) is 0 Å². The van der Waals surface area contributed by atoms with Crippen LogP contribution in [0.3, 0.4) is 0 Å². The standard InChI is InChI=1S/C15H16N2S/c1-2-14-10-16-15(18-14)17-13-8-7-11-5-3-4-6-12(11)9-13/h3-9,14H,2,10H2,1H3,(H,16,17). The van der Waals surface area contributed by atoms with Gasteiger partial charge >= 0.3 is 0 Å². The quantitative estimate of drug-likeness (QED) is 0.873. The van der Waals surface area contributed by atoms with Crippen LogP contribution in [-0.4, -0.2) is 17.0 Å². The van der Waals surface area contributed by atoms with E-state index in [9.17, 15) is 0 Å². The number of anilines is 1. The minimum atomic E-state index is 0.646. The first-order chi connectivity index (χ1) is 8.85. The maximum atomic E-state index is 4.53. The first-order valence-electron chi connectivity index (χ1n) is 6.32. The van der Waals surface area contributed by atoms with Gasteiger partial charge in [0.2, 0.25) is 0 Å². The molecule has 2 aromatic carbocycles. The van der Waals surface area contributed by atoms with Crippen LogP contribution in [0.5, 0.6) is 0 Å². The van der Waals surface area contributed by atoms with Crippen molar-refractivity contribution >= 4 is 33.4 Å². The molecule has 0 fully saturated rings. The van der Waals surface area contributed by atoms with Crippen molar-refractivity contribution < 1.29 is 0 Å². The lowest BCUT2D eigenvalue weighted by molar-refractivity contribution is 0.844. The van der Waals surface area contributed by atoms with E-state index in [4.69, 9.17) is 0 Å². The van der Waals surface area contributed by atoms with Gasteiger partial charge in [-0.15, -0.1) is 0 Å². The van der Waals surface area contributed by atoms with Gasteiger partial charge in [0.15, 0.2) is 5.17 Å². The fourth-order valence-electron chi connectivity index (χ4n) is 2.09. The van der Waals surface area contributed by atoms with E-state index in [0.717, 1.165) is 17.4 Å². The van der Waals surface area contributed by atoms with Gasteiger partial charge in [-0.25, -0.2) is 0 Å². The van der Waals surface area contributed by atoms with E-state index in [-0.39, 0.29) is 0 Å². The van der Waals surface area contributed by atoms with Crippen LogP contribution in [0.1, 0.15) is 13.3 Å². The summed E-state index contributed by atoms with van der Waals surface area (Å²) in [5.41, 5.74) is 1.12. The zero-order chi connectivity index (χ0) is 12.4. The molecular formula is C15H16N2S. The summed E-state index contributed by atoms with van der Waals surface area (Å²) in [6.07, 6.45) is 1.18. The summed E-state index contributed by atoms with van der Waals surface area (Å²) >= 11 is 1.85. The van der Waals surface area contributed by atoms with E-state index in [1.165, 1.54) is 17.2 Å². The van der Waals surface area contributed by atoms with Crippen molar-refractivity contribution in [2.24, 2.45) is 4.99 Å². The van der Waals surface area contributed by atoms with Gasteiger partial charge < -0.3 is 5.32 Å². The van der Waals surface area contributed by atoms with Crippen LogP contribution >= 0.6 is 11.8 Å². The number of hydrogen-bond acceptors (Lipinski definition) is 3. The van der Waals surface area contributed by atoms with Crippen molar-refractivity contribution in [3.05, 3.63) is 42.5 Å². The molecule has 0 saturated carbocycles. The Labute approximate surface area is 112 Å². The van der Waals surface area contributed by atoms with Crippen LogP contribution in [0, 0.1) is 0 Å². The molecular weight excluding hydrogens is 240 g/mol. The number of hydrogen-bond donors (Lipinski definition) is 1. The molecule has 3 heteroatoms. The van der Waals surface area contributed by atoms with E-state index in [0.29, 0.717) is 5.25 Å². The molecule has 1 atom stereocenters. The molecule has 1 heterocycles. The molecule has 92 valence electrons. The monoisotopic (exact) mass is 256 g/mol. The number of nitrogens with one attached hydrogen (secondary N) is 1. The highest BCUT2D eigenvalue weighted by Gasteiger charge is 2.17. The maximum Gasteiger partial charge on any atom is 0.161 e. The predicted octanol–water partition coefficient (Wildman–Crippen LogP) is 4.13. The number of benzene rings is 2. The molecule has 0 amide bonds. The van der Waals surface area contributed by atoms with Crippen LogP contribution in [0.4, 0.5) is 5.69 Å². The van der Waals surface area contributed by atoms with Crippen molar-refractivity contribution in [1.29, 1.82) is 0 Å². The van der Waals surface area contributed by atoms with Gasteiger partial charge in [0.1, 0.15) is 0 Å². The van der Waals surface area contributed by atoms with Crippen LogP contribution < -0.4 is 5.32 Å². The van der Waals surface area contributed by atoms with E-state index in [1.807, 2.05) is 11.8 Å². The SMILES string of the molecule is CCC1CN=C(Nc2ccc3ccccc3c2)S1. The van der Waals surface area contributed by atoms with E-state index < -0.39 is 0 Å². The second kappa shape index (κ2) is 5.02. The normalized spacial score (nSPS) is 18.9. The van der Waals surface area contributed by atoms with Gasteiger partial charge in [0.05, 0.1) is 6.54 Å². The summed E-state index contributed by atoms with van der Waals surface area (Å²) in [6.45, 7) is 3.16. The Morgan fingerprint density at radius 1 is 1.22 bits per heavy atom. The smallest absolute Gasteiger partial charge is 0.161 e. The minimum Gasteiger partial charge on any atom is -0.335 e. The van der Waals surface area contributed by atoms with Gasteiger partial charge in [-0.1, -0.05) is 49.0 Å². The Bertz CT molecular complexity index is 592. The summed E-state index contributed by atoms with van der Waals surface area (Å²) in [5, 5.41) is 7.65. The Morgan fingerprint density at radius 2 is 2.06 bits per heavy atom. The average molecular weight is 256 g/mol. The molecule has 1 aliphatic rings. The summed E-state index contributed by atoms with van der Waals surface area (Å²) in [7, 11) is 0. The first kappa shape index (κ1) is 11.6. The molecule has 2 aromatic rings. The average Bonchev–Trinajstić information content (AvgIpc) is 2.86. The van der Waals surface area contributed by atoms with Gasteiger partial charge in [-0.2, -0.15) is 0 Å². The summed E-state index contributed by atoms with van der Waals surface area (Å²) in [5.74, 6) is 0. The number of nitrogens with zero attached hydrogens (tertiary/aromatic N) is 1. The molecule has 18 heavy (non-hydrogen) atoms. The number of fused-ring (bicyclic) bond motifs is 1. The third-order valence-electron chi connectivity index (χ3n) is 3.17. The van der Waals surface area contributed by atoms with Crippen LogP contribution in [0.25, 0.3) is 10.8 Å². The summed E-state index contributed by atoms with van der Waals surface area (Å²) in [4.78, 5) is 4.53. The van der Waals surface area contributed by atoms with Crippen molar-refractivity contribution in [2.45, 2.75) is 18.6 Å². The summed E-state index contributed by atoms with van der Waals surface area (Å²) in [6, 6.07) is 14.9. The minimum absolute atomic E-state index is 0.646. The zero-order valence-electron chi connectivity index (χ0n) is 10.4. The zero-order valence-corrected chi connectivity index (χ0v) is 11.2. The van der Waals surface area contributed by atoms with E-state index >= 15 is 0 Å². The highest BCUT2D eigenvalue weighted by atomic mass is 32.2. The molecule has 3 rings (SSSR count). The highest BCUT2D eigenvalue weighted by Crippen LogP contribution is 2.26. The van der Waals surface area contributed by atoms with Crippen LogP contribution in [0.2, 0.25) is 0 Å². The van der Waals surface area contributed by atoms with Crippen LogP contribution in [-0.2, 0) is 0 Å². The molecule has 0 saturated heterocycles. The van der Waals surface area contributed by atoms with Crippen molar-refractivity contribution in [3.8, 4) is 0 Å². The second-order valence-corrected chi connectivity index (χ2v) is 5.77. The number of thioether (sulfide) groups is 1. The van der Waals surface area contributed by atoms with Gasteiger partial charge in [-0.05, 0) is 29.3 Å². The molecule has 1 unspecified atom stereocenters. The summed E-state index contributed by atoms with van der Waals surface area (Å²) < 4.78 is 0. The van der Waals surface area contributed by atoms with Crippen molar-refractivity contribution in [2.75, 3.05) is 11.9 Å². The number of rotatable bonds is 2. The predicted molar refractivity (Wildman–Crippen MR) is 81.5 cm³/mol. The maximum absolute atomic E-state index is 4.53. The van der Waals surface area contributed by atoms with E-state index in [1.54, 1.807) is 0 Å². The molecule has 1 aliphatic heterocycles. The fraction of sp³-hybridized carbons (Fsp3) is 0.267. The van der Waals surface area contributed by atoms with Gasteiger partial charge in [-0.3, -0.25) is 4.99 Å². The fourth-order valence-corrected chi connectivity index (χ4v) is 3.05. The molecule has 0 bridgehead atoms. The highest BCUT2D eigenvalue weighted by molar-refractivity contribution is 8.15. The molecule has 0 spiro atoms. The Hall–Kier alpha value is -1.48. The first-order valence-corrected chi connectivity index (χ1v) is 7.20. The van der Waals surface area contributed by atoms with Crippen molar-refractivity contribution in [3.63, 3.8) is 0 Å². The number of aliphatic imine (C=N–C) groups is 1. The van der Waals surface area contributed by atoms with Crippen molar-refractivity contribution in [1.82, 2.24) is 0 Å². The Morgan fingerprint density at radius 3 is 2.83 bits per heavy atom. The third kappa shape index (κ3) is 2.36. The molecule has 1 N–H and O–H groups in total. The second-order valence-electron chi connectivity index (χ2n) is 4.48. The molecule has 0 radical (unpaired) electrons. The number of amidine groups is 1. The Balaban J connectivity index is 1.79. The van der Waals surface area contributed by atoms with E-state index in [2.05, 4.69) is 59.7 Å². The molecule has 0 aromatic heterocycles. The lowest BCUT2D eigenvalue weighted by Gasteiger charge is -2.08. The largest absolute Gasteiger partial charge is 0.335 e. The lowest BCUT2D eigenvalue weighted by Crippen LogP contribution is -2.06. The third-order valence-corrected chi connectivity index (χ3v) is 4.44. The van der Waals surface area contributed by atoms with Gasteiger partial charge in [0, 0.05) is 10.9 Å². The molecule has 0 aliphatic carbocycles. The topological polar surface area (TPSA) is 24.4 Å². The lowest BCUT2D eigenvalue weighted by atomic mass is 10.1. The molecule has 2 nitrogen and oxygen atoms in total. The Kier molecular flexibility index (Phi) is 3.24.